The molecule has 108 valence electrons. The fourth-order valence-electron chi connectivity index (χ4n) is 2.28. The van der Waals surface area contributed by atoms with E-state index in [0.717, 1.165) is 39.3 Å². The Kier molecular flexibility index (Phi) is 7.20. The number of nitrogens with one attached hydrogen (secondary N) is 1. The van der Waals surface area contributed by atoms with Crippen molar-refractivity contribution in [3.63, 3.8) is 0 Å². The molecule has 0 radical (unpaired) electrons. The summed E-state index contributed by atoms with van der Waals surface area (Å²) in [6.07, 6.45) is 4.21. The molecule has 1 aliphatic rings. The quantitative estimate of drug-likeness (QED) is 0.675. The van der Waals surface area contributed by atoms with Crippen molar-refractivity contribution in [2.75, 3.05) is 39.3 Å². The van der Waals surface area contributed by atoms with Crippen molar-refractivity contribution in [1.82, 2.24) is 10.2 Å². The lowest BCUT2D eigenvalue weighted by Crippen LogP contribution is -2.37. The van der Waals surface area contributed by atoms with Gasteiger partial charge in [0.05, 0.1) is 6.10 Å². The zero-order valence-electron chi connectivity index (χ0n) is 12.8. The molecule has 1 heterocycles. The van der Waals surface area contributed by atoms with E-state index in [2.05, 4.69) is 37.9 Å². The second kappa shape index (κ2) is 8.13. The molecular formula is C15H32N2O. The number of nitrogens with zero attached hydrogens (tertiary/aromatic N) is 1. The van der Waals surface area contributed by atoms with Crippen LogP contribution in [0, 0.1) is 5.41 Å². The van der Waals surface area contributed by atoms with Gasteiger partial charge < -0.3 is 10.1 Å². The monoisotopic (exact) mass is 256 g/mol. The second-order valence-corrected chi connectivity index (χ2v) is 6.59. The van der Waals surface area contributed by atoms with Crippen LogP contribution in [0.2, 0.25) is 0 Å². The summed E-state index contributed by atoms with van der Waals surface area (Å²) in [4.78, 5) is 2.50. The molecular weight excluding hydrogens is 224 g/mol. The first-order valence-electron chi connectivity index (χ1n) is 7.56. The Hall–Kier alpha value is -0.120. The van der Waals surface area contributed by atoms with Gasteiger partial charge in [-0.25, -0.2) is 0 Å². The van der Waals surface area contributed by atoms with Crippen molar-refractivity contribution < 1.29 is 4.74 Å². The Morgan fingerprint density at radius 2 is 2.06 bits per heavy atom. The number of rotatable bonds is 8. The summed E-state index contributed by atoms with van der Waals surface area (Å²) in [5.41, 5.74) is 0.440. The molecule has 1 atom stereocenters. The van der Waals surface area contributed by atoms with Gasteiger partial charge in [-0.3, -0.25) is 4.90 Å². The van der Waals surface area contributed by atoms with Gasteiger partial charge in [-0.1, -0.05) is 27.7 Å². The van der Waals surface area contributed by atoms with Crippen LogP contribution in [-0.4, -0.2) is 50.3 Å². The Labute approximate surface area is 113 Å². The van der Waals surface area contributed by atoms with E-state index >= 15 is 0 Å². The highest BCUT2D eigenvalue weighted by molar-refractivity contribution is 4.71. The maximum Gasteiger partial charge on any atom is 0.0702 e. The number of hydrogen-bond acceptors (Lipinski definition) is 3. The Morgan fingerprint density at radius 3 is 2.61 bits per heavy atom. The van der Waals surface area contributed by atoms with E-state index in [9.17, 15) is 0 Å². The second-order valence-electron chi connectivity index (χ2n) is 6.59. The Balaban J connectivity index is 2.04. The predicted molar refractivity (Wildman–Crippen MR) is 78.0 cm³/mol. The zero-order chi connectivity index (χ0) is 13.4. The highest BCUT2D eigenvalue weighted by Crippen LogP contribution is 2.16. The molecule has 0 bridgehead atoms. The molecule has 0 saturated carbocycles. The minimum Gasteiger partial charge on any atom is -0.377 e. The standard InChI is InChI=1S/C15H32N2O/c1-5-17(13-14-7-6-12-18-14)11-10-16-9-8-15(2,3)4/h14,16H,5-13H2,1-4H3. The van der Waals surface area contributed by atoms with Crippen LogP contribution in [0.25, 0.3) is 0 Å². The molecule has 1 N–H and O–H groups in total. The molecule has 18 heavy (non-hydrogen) atoms. The lowest BCUT2D eigenvalue weighted by atomic mass is 9.92. The first-order chi connectivity index (χ1) is 8.51. The number of hydrogen-bond donors (Lipinski definition) is 1. The van der Waals surface area contributed by atoms with Gasteiger partial charge in [-0.15, -0.1) is 0 Å². The molecule has 3 heteroatoms. The van der Waals surface area contributed by atoms with Crippen LogP contribution >= 0.6 is 0 Å². The van der Waals surface area contributed by atoms with Crippen molar-refractivity contribution >= 4 is 0 Å². The molecule has 1 unspecified atom stereocenters. The van der Waals surface area contributed by atoms with Gasteiger partial charge in [-0.2, -0.15) is 0 Å². The average molecular weight is 256 g/mol. The van der Waals surface area contributed by atoms with Crippen LogP contribution in [0.1, 0.15) is 47.0 Å². The van der Waals surface area contributed by atoms with Crippen LogP contribution in [0.5, 0.6) is 0 Å². The van der Waals surface area contributed by atoms with Gasteiger partial charge in [0.2, 0.25) is 0 Å². The maximum atomic E-state index is 5.70. The van der Waals surface area contributed by atoms with E-state index in [-0.39, 0.29) is 0 Å². The van der Waals surface area contributed by atoms with E-state index in [0.29, 0.717) is 11.5 Å². The third-order valence-electron chi connectivity index (χ3n) is 3.59. The fourth-order valence-corrected chi connectivity index (χ4v) is 2.28. The van der Waals surface area contributed by atoms with E-state index in [1.165, 1.54) is 19.3 Å². The van der Waals surface area contributed by atoms with E-state index < -0.39 is 0 Å². The summed E-state index contributed by atoms with van der Waals surface area (Å²) in [7, 11) is 0. The SMILES string of the molecule is CCN(CCNCCC(C)(C)C)CC1CCCO1. The summed E-state index contributed by atoms with van der Waals surface area (Å²) in [5.74, 6) is 0. The van der Waals surface area contributed by atoms with Gasteiger partial charge >= 0.3 is 0 Å². The van der Waals surface area contributed by atoms with Crippen molar-refractivity contribution in [2.45, 2.75) is 53.1 Å². The summed E-state index contributed by atoms with van der Waals surface area (Å²) >= 11 is 0. The van der Waals surface area contributed by atoms with Crippen molar-refractivity contribution in [3.05, 3.63) is 0 Å². The average Bonchev–Trinajstić information content (AvgIpc) is 2.78. The summed E-state index contributed by atoms with van der Waals surface area (Å²) < 4.78 is 5.70. The number of ether oxygens (including phenoxy) is 1. The molecule has 0 spiro atoms. The van der Waals surface area contributed by atoms with E-state index in [4.69, 9.17) is 4.74 Å². The van der Waals surface area contributed by atoms with Gasteiger partial charge in [0.15, 0.2) is 0 Å². The Morgan fingerprint density at radius 1 is 1.28 bits per heavy atom. The third-order valence-corrected chi connectivity index (χ3v) is 3.59. The van der Waals surface area contributed by atoms with Crippen LogP contribution in [0.15, 0.2) is 0 Å². The minimum atomic E-state index is 0.440. The summed E-state index contributed by atoms with van der Waals surface area (Å²) in [6, 6.07) is 0. The highest BCUT2D eigenvalue weighted by atomic mass is 16.5. The minimum absolute atomic E-state index is 0.440. The van der Waals surface area contributed by atoms with Crippen molar-refractivity contribution in [1.29, 1.82) is 0 Å². The fraction of sp³-hybridized carbons (Fsp3) is 1.00. The molecule has 1 saturated heterocycles. The largest absolute Gasteiger partial charge is 0.377 e. The normalized spacial score (nSPS) is 20.8. The Bertz CT molecular complexity index is 207. The van der Waals surface area contributed by atoms with Crippen LogP contribution in [0.4, 0.5) is 0 Å². The van der Waals surface area contributed by atoms with Gasteiger partial charge in [0.1, 0.15) is 0 Å². The molecule has 0 aromatic carbocycles. The smallest absolute Gasteiger partial charge is 0.0702 e. The molecule has 3 nitrogen and oxygen atoms in total. The molecule has 1 aliphatic heterocycles. The van der Waals surface area contributed by atoms with Crippen LogP contribution in [-0.2, 0) is 4.74 Å². The van der Waals surface area contributed by atoms with Crippen LogP contribution in [0.3, 0.4) is 0 Å². The lowest BCUT2D eigenvalue weighted by molar-refractivity contribution is 0.0751. The summed E-state index contributed by atoms with van der Waals surface area (Å²) in [6.45, 7) is 15.7. The molecule has 1 rings (SSSR count). The predicted octanol–water partition coefficient (Wildman–Crippen LogP) is 2.51. The topological polar surface area (TPSA) is 24.5 Å². The van der Waals surface area contributed by atoms with Crippen molar-refractivity contribution in [3.8, 4) is 0 Å². The van der Waals surface area contributed by atoms with E-state index in [1.54, 1.807) is 0 Å². The molecule has 1 fully saturated rings. The third kappa shape index (κ3) is 7.34. The molecule has 0 aliphatic carbocycles. The van der Waals surface area contributed by atoms with Crippen LogP contribution < -0.4 is 5.32 Å². The molecule has 0 aromatic rings. The van der Waals surface area contributed by atoms with Gasteiger partial charge in [-0.05, 0) is 37.8 Å². The first-order valence-corrected chi connectivity index (χ1v) is 7.56. The van der Waals surface area contributed by atoms with Gasteiger partial charge in [0.25, 0.3) is 0 Å². The van der Waals surface area contributed by atoms with Crippen molar-refractivity contribution in [2.24, 2.45) is 5.41 Å². The highest BCUT2D eigenvalue weighted by Gasteiger charge is 2.18. The van der Waals surface area contributed by atoms with Gasteiger partial charge in [0, 0.05) is 26.2 Å². The maximum absolute atomic E-state index is 5.70. The summed E-state index contributed by atoms with van der Waals surface area (Å²) in [5, 5.41) is 3.55. The molecule has 0 aromatic heterocycles. The first kappa shape index (κ1) is 15.9. The molecule has 0 amide bonds. The lowest BCUT2D eigenvalue weighted by Gasteiger charge is -2.24. The van der Waals surface area contributed by atoms with E-state index in [1.807, 2.05) is 0 Å². The number of likely N-dealkylation sites (N-methyl/N-ethyl adjacent to an activating group) is 1. The zero-order valence-corrected chi connectivity index (χ0v) is 12.8.